The molecule has 6 heteroatoms. The summed E-state index contributed by atoms with van der Waals surface area (Å²) in [6.07, 6.45) is 0. The van der Waals surface area contributed by atoms with E-state index in [9.17, 15) is 14.4 Å². The van der Waals surface area contributed by atoms with E-state index in [1.54, 1.807) is 72.8 Å². The largest absolute Gasteiger partial charge is 0.497 e. The highest BCUT2D eigenvalue weighted by atomic mass is 16.5. The molecular weight excluding hydrogens is 370 g/mol. The van der Waals surface area contributed by atoms with Crippen LogP contribution in [0.2, 0.25) is 0 Å². The van der Waals surface area contributed by atoms with Crippen LogP contribution in [0.4, 0.5) is 5.69 Å². The number of anilines is 1. The van der Waals surface area contributed by atoms with Crippen LogP contribution in [0.25, 0.3) is 0 Å². The van der Waals surface area contributed by atoms with Gasteiger partial charge in [0.2, 0.25) is 0 Å². The van der Waals surface area contributed by atoms with Gasteiger partial charge in [-0.1, -0.05) is 42.5 Å². The van der Waals surface area contributed by atoms with Crippen LogP contribution in [0.15, 0.2) is 78.9 Å². The van der Waals surface area contributed by atoms with Crippen molar-refractivity contribution in [1.82, 2.24) is 0 Å². The molecule has 0 bridgehead atoms. The number of carbonyl (C=O) groups is 3. The molecule has 1 amide bonds. The average molecular weight is 389 g/mol. The van der Waals surface area contributed by atoms with Crippen molar-refractivity contribution in [3.8, 4) is 5.75 Å². The van der Waals surface area contributed by atoms with Gasteiger partial charge in [0.15, 0.2) is 12.4 Å². The van der Waals surface area contributed by atoms with Gasteiger partial charge in [-0.15, -0.1) is 0 Å². The van der Waals surface area contributed by atoms with Gasteiger partial charge in [-0.2, -0.15) is 0 Å². The minimum Gasteiger partial charge on any atom is -0.497 e. The van der Waals surface area contributed by atoms with E-state index in [0.717, 1.165) is 0 Å². The first kappa shape index (κ1) is 19.8. The molecular formula is C23H19NO5. The zero-order valence-corrected chi connectivity index (χ0v) is 15.8. The van der Waals surface area contributed by atoms with Crippen molar-refractivity contribution < 1.29 is 23.9 Å². The lowest BCUT2D eigenvalue weighted by Crippen LogP contribution is -2.15. The predicted octanol–water partition coefficient (Wildman–Crippen LogP) is 3.99. The molecule has 0 saturated carbocycles. The molecule has 29 heavy (non-hydrogen) atoms. The number of nitrogens with one attached hydrogen (secondary N) is 1. The molecule has 0 unspecified atom stereocenters. The number of rotatable bonds is 7. The molecule has 3 aromatic rings. The zero-order chi connectivity index (χ0) is 20.6. The van der Waals surface area contributed by atoms with Gasteiger partial charge in [-0.3, -0.25) is 9.59 Å². The number of ether oxygens (including phenoxy) is 2. The molecule has 0 aromatic heterocycles. The van der Waals surface area contributed by atoms with Gasteiger partial charge < -0.3 is 14.8 Å². The lowest BCUT2D eigenvalue weighted by Gasteiger charge is -2.09. The van der Waals surface area contributed by atoms with Crippen LogP contribution < -0.4 is 10.1 Å². The van der Waals surface area contributed by atoms with Crippen molar-refractivity contribution in [1.29, 1.82) is 0 Å². The number of hydrogen-bond acceptors (Lipinski definition) is 5. The molecule has 0 atom stereocenters. The Bertz CT molecular complexity index is 1030. The first-order chi connectivity index (χ1) is 14.1. The Balaban J connectivity index is 1.63. The van der Waals surface area contributed by atoms with Gasteiger partial charge in [-0.05, 0) is 36.4 Å². The Morgan fingerprint density at radius 3 is 2.24 bits per heavy atom. The van der Waals surface area contributed by atoms with E-state index < -0.39 is 5.97 Å². The lowest BCUT2D eigenvalue weighted by atomic mass is 10.1. The fourth-order valence-electron chi connectivity index (χ4n) is 2.61. The predicted molar refractivity (Wildman–Crippen MR) is 108 cm³/mol. The summed E-state index contributed by atoms with van der Waals surface area (Å²) in [4.78, 5) is 36.7. The van der Waals surface area contributed by atoms with Crippen LogP contribution in [0, 0.1) is 0 Å². The fraction of sp³-hybridized carbons (Fsp3) is 0.0870. The number of methoxy groups -OCH3 is 1. The summed E-state index contributed by atoms with van der Waals surface area (Å²) in [7, 11) is 1.52. The van der Waals surface area contributed by atoms with Gasteiger partial charge in [0.1, 0.15) is 5.75 Å². The molecule has 0 heterocycles. The Morgan fingerprint density at radius 1 is 0.793 bits per heavy atom. The van der Waals surface area contributed by atoms with E-state index in [0.29, 0.717) is 22.6 Å². The van der Waals surface area contributed by atoms with Gasteiger partial charge in [-0.25, -0.2) is 4.79 Å². The highest BCUT2D eigenvalue weighted by molar-refractivity contribution is 6.05. The summed E-state index contributed by atoms with van der Waals surface area (Å²) in [6, 6.07) is 21.6. The summed E-state index contributed by atoms with van der Waals surface area (Å²) in [5, 5.41) is 2.73. The Morgan fingerprint density at radius 2 is 1.48 bits per heavy atom. The normalized spacial score (nSPS) is 10.1. The molecule has 0 spiro atoms. The molecule has 1 N–H and O–H groups in total. The van der Waals surface area contributed by atoms with E-state index in [-0.39, 0.29) is 23.9 Å². The van der Waals surface area contributed by atoms with Crippen molar-refractivity contribution in [3.63, 3.8) is 0 Å². The number of carbonyl (C=O) groups excluding carboxylic acids is 3. The second-order valence-electron chi connectivity index (χ2n) is 6.13. The summed E-state index contributed by atoms with van der Waals surface area (Å²) in [5.41, 5.74) is 1.56. The number of esters is 1. The maximum atomic E-state index is 12.4. The quantitative estimate of drug-likeness (QED) is 0.488. The number of ketones is 1. The Labute approximate surface area is 168 Å². The van der Waals surface area contributed by atoms with E-state index in [4.69, 9.17) is 9.47 Å². The summed E-state index contributed by atoms with van der Waals surface area (Å²) in [6.45, 7) is -0.358. The van der Waals surface area contributed by atoms with Crippen LogP contribution in [0.1, 0.15) is 31.1 Å². The number of hydrogen-bond donors (Lipinski definition) is 1. The van der Waals surface area contributed by atoms with Crippen molar-refractivity contribution in [2.75, 3.05) is 19.0 Å². The van der Waals surface area contributed by atoms with Crippen LogP contribution >= 0.6 is 0 Å². The second kappa shape index (κ2) is 9.32. The number of benzene rings is 3. The Hall–Kier alpha value is -3.93. The van der Waals surface area contributed by atoms with Crippen molar-refractivity contribution in [2.24, 2.45) is 0 Å². The first-order valence-corrected chi connectivity index (χ1v) is 8.87. The molecule has 3 rings (SSSR count). The van der Waals surface area contributed by atoms with Crippen molar-refractivity contribution >= 4 is 23.3 Å². The van der Waals surface area contributed by atoms with E-state index >= 15 is 0 Å². The highest BCUT2D eigenvalue weighted by Gasteiger charge is 2.13. The summed E-state index contributed by atoms with van der Waals surface area (Å²) in [5.74, 6) is -0.708. The van der Waals surface area contributed by atoms with Crippen LogP contribution in [0.5, 0.6) is 5.75 Å². The topological polar surface area (TPSA) is 81.7 Å². The SMILES string of the molecule is COc1cccc(C(=O)Nc2cccc(C(=O)OCC(=O)c3ccccc3)c2)c1. The number of Topliss-reactive ketones (excluding diaryl/α,β-unsaturated/α-hetero) is 1. The fourth-order valence-corrected chi connectivity index (χ4v) is 2.61. The smallest absolute Gasteiger partial charge is 0.338 e. The molecule has 0 aliphatic rings. The third kappa shape index (κ3) is 5.29. The second-order valence-corrected chi connectivity index (χ2v) is 6.13. The summed E-state index contributed by atoms with van der Waals surface area (Å²) >= 11 is 0. The lowest BCUT2D eigenvalue weighted by molar-refractivity contribution is 0.0474. The third-order valence-corrected chi connectivity index (χ3v) is 4.12. The van der Waals surface area contributed by atoms with Crippen LogP contribution in [-0.4, -0.2) is 31.4 Å². The van der Waals surface area contributed by atoms with E-state index in [1.807, 2.05) is 0 Å². The van der Waals surface area contributed by atoms with Gasteiger partial charge in [0.05, 0.1) is 12.7 Å². The molecule has 0 aliphatic heterocycles. The molecule has 0 saturated heterocycles. The molecule has 0 radical (unpaired) electrons. The summed E-state index contributed by atoms with van der Waals surface area (Å²) < 4.78 is 10.2. The van der Waals surface area contributed by atoms with Crippen molar-refractivity contribution in [3.05, 3.63) is 95.6 Å². The maximum Gasteiger partial charge on any atom is 0.338 e. The number of amides is 1. The van der Waals surface area contributed by atoms with Crippen LogP contribution in [-0.2, 0) is 4.74 Å². The minimum atomic E-state index is -0.647. The van der Waals surface area contributed by atoms with Gasteiger partial charge in [0, 0.05) is 16.8 Å². The van der Waals surface area contributed by atoms with Gasteiger partial charge >= 0.3 is 5.97 Å². The van der Waals surface area contributed by atoms with Crippen molar-refractivity contribution in [2.45, 2.75) is 0 Å². The first-order valence-electron chi connectivity index (χ1n) is 8.87. The minimum absolute atomic E-state index is 0.231. The monoisotopic (exact) mass is 389 g/mol. The van der Waals surface area contributed by atoms with Gasteiger partial charge in [0.25, 0.3) is 5.91 Å². The standard InChI is InChI=1S/C23H19NO5/c1-28-20-12-6-9-17(14-20)22(26)24-19-11-5-10-18(13-19)23(27)29-15-21(25)16-7-3-2-4-8-16/h2-14H,15H2,1H3,(H,24,26). The molecule has 0 aliphatic carbocycles. The maximum absolute atomic E-state index is 12.4. The van der Waals surface area contributed by atoms with E-state index in [1.165, 1.54) is 13.2 Å². The van der Waals surface area contributed by atoms with Crippen LogP contribution in [0.3, 0.4) is 0 Å². The zero-order valence-electron chi connectivity index (χ0n) is 15.8. The molecule has 3 aromatic carbocycles. The highest BCUT2D eigenvalue weighted by Crippen LogP contribution is 2.16. The molecule has 6 nitrogen and oxygen atoms in total. The van der Waals surface area contributed by atoms with E-state index in [2.05, 4.69) is 5.32 Å². The molecule has 146 valence electrons. The average Bonchev–Trinajstić information content (AvgIpc) is 2.78. The Kier molecular flexibility index (Phi) is 6.37. The third-order valence-electron chi connectivity index (χ3n) is 4.12. The molecule has 0 fully saturated rings.